The minimum absolute atomic E-state index is 0.158. The van der Waals surface area contributed by atoms with Gasteiger partial charge in [-0.2, -0.15) is 0 Å². The molecule has 0 aliphatic heterocycles. The summed E-state index contributed by atoms with van der Waals surface area (Å²) in [6.45, 7) is 0.513. The zero-order valence-electron chi connectivity index (χ0n) is 14.1. The van der Waals surface area contributed by atoms with E-state index in [0.29, 0.717) is 33.7 Å². The lowest BCUT2D eigenvalue weighted by Crippen LogP contribution is -2.27. The zero-order chi connectivity index (χ0) is 18.5. The lowest BCUT2D eigenvalue weighted by atomic mass is 10.2. The Hall–Kier alpha value is -2.56. The fourth-order valence-corrected chi connectivity index (χ4v) is 2.85. The van der Waals surface area contributed by atoms with Gasteiger partial charge in [0.05, 0.1) is 15.7 Å². The third kappa shape index (κ3) is 4.34. The second-order valence-corrected chi connectivity index (χ2v) is 6.59. The maximum atomic E-state index is 12.7. The normalized spacial score (nSPS) is 10.4. The molecule has 6 heteroatoms. The Morgan fingerprint density at radius 1 is 1.08 bits per heavy atom. The van der Waals surface area contributed by atoms with Crippen molar-refractivity contribution in [2.45, 2.75) is 6.54 Å². The minimum Gasteiger partial charge on any atom is -0.354 e. The number of carbonyl (C=O) groups excluding carboxylic acids is 1. The van der Waals surface area contributed by atoms with Crippen molar-refractivity contribution >= 4 is 40.5 Å². The summed E-state index contributed by atoms with van der Waals surface area (Å²) < 4.78 is 0. The van der Waals surface area contributed by atoms with Crippen LogP contribution in [0.25, 0.3) is 0 Å². The molecule has 3 rings (SSSR count). The first-order chi connectivity index (χ1) is 12.5. The third-order valence-electron chi connectivity index (χ3n) is 3.82. The maximum Gasteiger partial charge on any atom is 0.272 e. The molecule has 1 heterocycles. The first kappa shape index (κ1) is 18.2. The molecule has 4 nitrogen and oxygen atoms in total. The molecular weight excluding hydrogens is 369 g/mol. The molecule has 0 spiro atoms. The first-order valence-electron chi connectivity index (χ1n) is 8.01. The fourth-order valence-electron chi connectivity index (χ4n) is 2.51. The molecule has 0 aliphatic rings. The number of benzene rings is 2. The Balaban J connectivity index is 1.76. The van der Waals surface area contributed by atoms with Crippen molar-refractivity contribution in [2.24, 2.45) is 0 Å². The van der Waals surface area contributed by atoms with E-state index in [1.807, 2.05) is 36.4 Å². The number of pyridine rings is 1. The highest BCUT2D eigenvalue weighted by Gasteiger charge is 2.14. The van der Waals surface area contributed by atoms with Crippen LogP contribution in [-0.4, -0.2) is 22.8 Å². The molecule has 0 atom stereocenters. The van der Waals surface area contributed by atoms with Gasteiger partial charge in [0, 0.05) is 25.5 Å². The van der Waals surface area contributed by atoms with Gasteiger partial charge in [-0.15, -0.1) is 0 Å². The number of amides is 1. The highest BCUT2D eigenvalue weighted by atomic mass is 35.5. The van der Waals surface area contributed by atoms with Crippen LogP contribution in [0.2, 0.25) is 10.0 Å². The molecule has 26 heavy (non-hydrogen) atoms. The Morgan fingerprint density at radius 2 is 1.85 bits per heavy atom. The van der Waals surface area contributed by atoms with E-state index in [9.17, 15) is 4.79 Å². The second-order valence-electron chi connectivity index (χ2n) is 5.80. The van der Waals surface area contributed by atoms with Crippen molar-refractivity contribution in [3.63, 3.8) is 0 Å². The highest BCUT2D eigenvalue weighted by Crippen LogP contribution is 2.31. The van der Waals surface area contributed by atoms with Gasteiger partial charge in [-0.1, -0.05) is 59.6 Å². The van der Waals surface area contributed by atoms with Crippen molar-refractivity contribution in [1.29, 1.82) is 0 Å². The summed E-state index contributed by atoms with van der Waals surface area (Å²) in [5.41, 5.74) is 2.79. The van der Waals surface area contributed by atoms with Crippen molar-refractivity contribution in [2.75, 3.05) is 12.4 Å². The van der Waals surface area contributed by atoms with Gasteiger partial charge >= 0.3 is 0 Å². The van der Waals surface area contributed by atoms with E-state index in [1.165, 1.54) is 0 Å². The lowest BCUT2D eigenvalue weighted by molar-refractivity contribution is 0.0779. The Bertz CT molecular complexity index is 916. The van der Waals surface area contributed by atoms with Crippen LogP contribution in [0.15, 0.2) is 66.9 Å². The van der Waals surface area contributed by atoms with Gasteiger partial charge in [0.25, 0.3) is 5.91 Å². The number of nitrogens with one attached hydrogen (secondary N) is 1. The van der Waals surface area contributed by atoms with E-state index in [2.05, 4.69) is 10.3 Å². The summed E-state index contributed by atoms with van der Waals surface area (Å²) in [4.78, 5) is 18.5. The molecule has 0 radical (unpaired) electrons. The highest BCUT2D eigenvalue weighted by molar-refractivity contribution is 6.43. The largest absolute Gasteiger partial charge is 0.354 e. The predicted octanol–water partition coefficient (Wildman–Crippen LogP) is 5.40. The summed E-state index contributed by atoms with van der Waals surface area (Å²) in [5, 5.41) is 4.06. The molecule has 0 fully saturated rings. The molecule has 0 unspecified atom stereocenters. The van der Waals surface area contributed by atoms with Crippen LogP contribution in [0.3, 0.4) is 0 Å². The smallest absolute Gasteiger partial charge is 0.272 e. The van der Waals surface area contributed by atoms with Gasteiger partial charge in [-0.3, -0.25) is 9.78 Å². The molecule has 1 N–H and O–H groups in total. The number of hydrogen-bond donors (Lipinski definition) is 1. The van der Waals surface area contributed by atoms with Crippen LogP contribution < -0.4 is 5.32 Å². The minimum atomic E-state index is -0.158. The van der Waals surface area contributed by atoms with E-state index in [1.54, 1.807) is 42.4 Å². The second kappa shape index (κ2) is 8.21. The molecule has 2 aromatic carbocycles. The number of carbonyl (C=O) groups is 1. The topological polar surface area (TPSA) is 45.2 Å². The van der Waals surface area contributed by atoms with Crippen molar-refractivity contribution in [3.8, 4) is 0 Å². The fraction of sp³-hybridized carbons (Fsp3) is 0.100. The number of hydrogen-bond acceptors (Lipinski definition) is 3. The molecule has 0 aliphatic carbocycles. The van der Waals surface area contributed by atoms with E-state index >= 15 is 0 Å². The van der Waals surface area contributed by atoms with E-state index in [-0.39, 0.29) is 5.91 Å². The van der Waals surface area contributed by atoms with Gasteiger partial charge in [-0.25, -0.2) is 0 Å². The Morgan fingerprint density at radius 3 is 2.62 bits per heavy atom. The summed E-state index contributed by atoms with van der Waals surface area (Å²) in [6, 6.07) is 18.6. The SMILES string of the molecule is CN(Cc1ccccc1)C(=O)c1cc(Nc2cccc(Cl)c2Cl)ccn1. The molecule has 1 aromatic heterocycles. The van der Waals surface area contributed by atoms with Gasteiger partial charge in [0.15, 0.2) is 0 Å². The molecule has 0 saturated heterocycles. The summed E-state index contributed by atoms with van der Waals surface area (Å²) in [6.07, 6.45) is 1.59. The maximum absolute atomic E-state index is 12.7. The summed E-state index contributed by atoms with van der Waals surface area (Å²) in [7, 11) is 1.75. The van der Waals surface area contributed by atoms with Gasteiger partial charge in [-0.05, 0) is 29.8 Å². The van der Waals surface area contributed by atoms with Crippen LogP contribution in [-0.2, 0) is 6.54 Å². The quantitative estimate of drug-likeness (QED) is 0.638. The molecule has 0 bridgehead atoms. The molecule has 132 valence electrons. The number of rotatable bonds is 5. The summed E-state index contributed by atoms with van der Waals surface area (Å²) in [5.74, 6) is -0.158. The predicted molar refractivity (Wildman–Crippen MR) is 106 cm³/mol. The van der Waals surface area contributed by atoms with Crippen LogP contribution in [0, 0.1) is 0 Å². The van der Waals surface area contributed by atoms with E-state index < -0.39 is 0 Å². The number of anilines is 2. The third-order valence-corrected chi connectivity index (χ3v) is 4.64. The van der Waals surface area contributed by atoms with Crippen molar-refractivity contribution in [3.05, 3.63) is 88.2 Å². The summed E-state index contributed by atoms with van der Waals surface area (Å²) >= 11 is 12.2. The Kier molecular flexibility index (Phi) is 5.76. The molecule has 0 saturated carbocycles. The van der Waals surface area contributed by atoms with Gasteiger partial charge < -0.3 is 10.2 Å². The van der Waals surface area contributed by atoms with Crippen LogP contribution in [0.1, 0.15) is 16.1 Å². The first-order valence-corrected chi connectivity index (χ1v) is 8.76. The molecule has 1 amide bonds. The monoisotopic (exact) mass is 385 g/mol. The number of aromatic nitrogens is 1. The van der Waals surface area contributed by atoms with Crippen LogP contribution >= 0.6 is 23.2 Å². The number of halogens is 2. The van der Waals surface area contributed by atoms with E-state index in [4.69, 9.17) is 23.2 Å². The van der Waals surface area contributed by atoms with E-state index in [0.717, 1.165) is 5.56 Å². The van der Waals surface area contributed by atoms with Crippen LogP contribution in [0.5, 0.6) is 0 Å². The average Bonchev–Trinajstić information content (AvgIpc) is 2.66. The molecule has 3 aromatic rings. The lowest BCUT2D eigenvalue weighted by Gasteiger charge is -2.17. The molecular formula is C20H17Cl2N3O. The van der Waals surface area contributed by atoms with Gasteiger partial charge in [0.1, 0.15) is 5.69 Å². The number of nitrogens with zero attached hydrogens (tertiary/aromatic N) is 2. The average molecular weight is 386 g/mol. The standard InChI is InChI=1S/C20H17Cl2N3O/c1-25(13-14-6-3-2-4-7-14)20(26)18-12-15(10-11-23-18)24-17-9-5-8-16(21)19(17)22/h2-12H,13H2,1H3,(H,23,24). The van der Waals surface area contributed by atoms with Crippen LogP contribution in [0.4, 0.5) is 11.4 Å². The zero-order valence-corrected chi connectivity index (χ0v) is 15.6. The Labute approximate surface area is 162 Å². The van der Waals surface area contributed by atoms with Crippen molar-refractivity contribution in [1.82, 2.24) is 9.88 Å². The van der Waals surface area contributed by atoms with Crippen molar-refractivity contribution < 1.29 is 4.79 Å². The van der Waals surface area contributed by atoms with Gasteiger partial charge in [0.2, 0.25) is 0 Å².